The number of carbonyl (C=O) groups excluding carboxylic acids is 1. The second-order valence-corrected chi connectivity index (χ2v) is 8.93. The summed E-state index contributed by atoms with van der Waals surface area (Å²) in [5.74, 6) is 0.625. The van der Waals surface area contributed by atoms with E-state index in [2.05, 4.69) is 15.3 Å². The van der Waals surface area contributed by atoms with Gasteiger partial charge in [0, 0.05) is 5.38 Å². The Morgan fingerprint density at radius 2 is 2.12 bits per heavy atom. The van der Waals surface area contributed by atoms with Crippen LogP contribution in [0.15, 0.2) is 35.7 Å². The van der Waals surface area contributed by atoms with Gasteiger partial charge in [0.25, 0.3) is 0 Å². The molecular formula is C17H12ClN3O2S3. The standard InChI is InChI=1S/C17H12ClN3O2S3/c1-23-10-2-3-11-13(7-10)26-17(20-11)21-15(22)6-9-8-24-16(19-9)12-4-5-14(18)25-12/h2-5,7-8H,6H2,1H3,(H,20,21,22). The van der Waals surface area contributed by atoms with Gasteiger partial charge < -0.3 is 10.1 Å². The van der Waals surface area contributed by atoms with Crippen LogP contribution in [-0.2, 0) is 11.2 Å². The van der Waals surface area contributed by atoms with Crippen LogP contribution in [0.4, 0.5) is 5.13 Å². The fourth-order valence-electron chi connectivity index (χ4n) is 2.34. The summed E-state index contributed by atoms with van der Waals surface area (Å²) < 4.78 is 6.90. The maximum Gasteiger partial charge on any atom is 0.232 e. The lowest BCUT2D eigenvalue weighted by atomic mass is 10.3. The molecule has 0 aliphatic rings. The number of thiazole rings is 2. The molecule has 0 aliphatic heterocycles. The molecule has 3 aromatic heterocycles. The molecular weight excluding hydrogens is 410 g/mol. The van der Waals surface area contributed by atoms with Gasteiger partial charge in [-0.15, -0.1) is 22.7 Å². The zero-order chi connectivity index (χ0) is 18.1. The number of halogens is 1. The van der Waals surface area contributed by atoms with Crippen molar-refractivity contribution in [2.75, 3.05) is 12.4 Å². The van der Waals surface area contributed by atoms with Gasteiger partial charge in [0.15, 0.2) is 5.13 Å². The number of thiophene rings is 1. The molecule has 0 unspecified atom stereocenters. The smallest absolute Gasteiger partial charge is 0.232 e. The van der Waals surface area contributed by atoms with Gasteiger partial charge in [0.2, 0.25) is 5.91 Å². The van der Waals surface area contributed by atoms with Crippen molar-refractivity contribution in [3.63, 3.8) is 0 Å². The highest BCUT2D eigenvalue weighted by molar-refractivity contribution is 7.23. The molecule has 132 valence electrons. The molecule has 3 heterocycles. The van der Waals surface area contributed by atoms with Crippen LogP contribution >= 0.6 is 45.6 Å². The normalized spacial score (nSPS) is 11.0. The predicted molar refractivity (Wildman–Crippen MR) is 109 cm³/mol. The molecule has 26 heavy (non-hydrogen) atoms. The van der Waals surface area contributed by atoms with E-state index >= 15 is 0 Å². The van der Waals surface area contributed by atoms with Gasteiger partial charge in [0.1, 0.15) is 10.8 Å². The molecule has 1 aromatic carbocycles. The third-order valence-electron chi connectivity index (χ3n) is 3.52. The quantitative estimate of drug-likeness (QED) is 0.473. The first-order valence-electron chi connectivity index (χ1n) is 7.55. The van der Waals surface area contributed by atoms with Crippen LogP contribution in [0.25, 0.3) is 20.1 Å². The molecule has 0 aliphatic carbocycles. The Morgan fingerprint density at radius 3 is 2.88 bits per heavy atom. The van der Waals surface area contributed by atoms with E-state index in [0.29, 0.717) is 5.13 Å². The molecule has 0 saturated heterocycles. The van der Waals surface area contributed by atoms with Crippen LogP contribution in [0, 0.1) is 0 Å². The molecule has 5 nitrogen and oxygen atoms in total. The van der Waals surface area contributed by atoms with Gasteiger partial charge in [0.05, 0.1) is 38.7 Å². The first-order chi connectivity index (χ1) is 12.6. The zero-order valence-corrected chi connectivity index (χ0v) is 16.7. The number of ether oxygens (including phenoxy) is 1. The van der Waals surface area contributed by atoms with E-state index in [-0.39, 0.29) is 12.3 Å². The molecule has 0 radical (unpaired) electrons. The van der Waals surface area contributed by atoms with Crippen LogP contribution in [0.3, 0.4) is 0 Å². The van der Waals surface area contributed by atoms with Crippen molar-refractivity contribution in [1.29, 1.82) is 0 Å². The first kappa shape index (κ1) is 17.4. The van der Waals surface area contributed by atoms with Gasteiger partial charge in [-0.3, -0.25) is 4.79 Å². The first-order valence-corrected chi connectivity index (χ1v) is 10.4. The average molecular weight is 422 g/mol. The molecule has 0 atom stereocenters. The molecule has 0 fully saturated rings. The fourth-order valence-corrected chi connectivity index (χ4v) is 5.19. The zero-order valence-electron chi connectivity index (χ0n) is 13.5. The summed E-state index contributed by atoms with van der Waals surface area (Å²) >= 11 is 10.4. The van der Waals surface area contributed by atoms with Crippen molar-refractivity contribution < 1.29 is 9.53 Å². The predicted octanol–water partition coefficient (Wildman–Crippen LogP) is 5.32. The second-order valence-electron chi connectivity index (χ2n) is 5.33. The number of rotatable bonds is 5. The third kappa shape index (κ3) is 3.73. The topological polar surface area (TPSA) is 64.1 Å². The maximum atomic E-state index is 12.3. The third-order valence-corrected chi connectivity index (χ3v) is 6.74. The number of aromatic nitrogens is 2. The highest BCUT2D eigenvalue weighted by atomic mass is 35.5. The monoisotopic (exact) mass is 421 g/mol. The van der Waals surface area contributed by atoms with Crippen molar-refractivity contribution in [2.24, 2.45) is 0 Å². The lowest BCUT2D eigenvalue weighted by Crippen LogP contribution is -2.14. The number of nitrogens with zero attached hydrogens (tertiary/aromatic N) is 2. The van der Waals surface area contributed by atoms with E-state index < -0.39 is 0 Å². The van der Waals surface area contributed by atoms with Crippen molar-refractivity contribution in [3.8, 4) is 15.6 Å². The largest absolute Gasteiger partial charge is 0.497 e. The minimum Gasteiger partial charge on any atom is -0.497 e. The van der Waals surface area contributed by atoms with Crippen LogP contribution in [0.2, 0.25) is 4.34 Å². The number of nitrogens with one attached hydrogen (secondary N) is 1. The Kier molecular flexibility index (Phi) is 4.90. The number of fused-ring (bicyclic) bond motifs is 1. The SMILES string of the molecule is COc1ccc2nc(NC(=O)Cc3csc(-c4ccc(Cl)s4)n3)sc2c1. The molecule has 1 amide bonds. The van der Waals surface area contributed by atoms with E-state index in [1.165, 1.54) is 34.0 Å². The van der Waals surface area contributed by atoms with Crippen LogP contribution in [-0.4, -0.2) is 23.0 Å². The van der Waals surface area contributed by atoms with E-state index in [9.17, 15) is 4.79 Å². The van der Waals surface area contributed by atoms with Crippen molar-refractivity contribution >= 4 is 66.9 Å². The number of hydrogen-bond acceptors (Lipinski definition) is 7. The minimum absolute atomic E-state index is 0.142. The summed E-state index contributed by atoms with van der Waals surface area (Å²) in [6.45, 7) is 0. The molecule has 4 aromatic rings. The number of hydrogen-bond donors (Lipinski definition) is 1. The molecule has 0 bridgehead atoms. The number of carbonyl (C=O) groups is 1. The average Bonchev–Trinajstić information content (AvgIpc) is 3.33. The highest BCUT2D eigenvalue weighted by Gasteiger charge is 2.13. The maximum absolute atomic E-state index is 12.3. The Labute approximate surface area is 166 Å². The summed E-state index contributed by atoms with van der Waals surface area (Å²) in [6.07, 6.45) is 0.203. The van der Waals surface area contributed by atoms with Crippen molar-refractivity contribution in [3.05, 3.63) is 45.7 Å². The van der Waals surface area contributed by atoms with Gasteiger partial charge >= 0.3 is 0 Å². The molecule has 0 spiro atoms. The molecule has 4 rings (SSSR count). The Hall–Kier alpha value is -2.00. The summed E-state index contributed by atoms with van der Waals surface area (Å²) in [7, 11) is 1.62. The Morgan fingerprint density at radius 1 is 1.23 bits per heavy atom. The number of methoxy groups -OCH3 is 1. The Balaban J connectivity index is 1.45. The molecule has 1 N–H and O–H groups in total. The van der Waals surface area contributed by atoms with Crippen molar-refractivity contribution in [1.82, 2.24) is 9.97 Å². The van der Waals surface area contributed by atoms with Gasteiger partial charge in [-0.2, -0.15) is 0 Å². The van der Waals surface area contributed by atoms with Crippen molar-refractivity contribution in [2.45, 2.75) is 6.42 Å². The Bertz CT molecular complexity index is 1090. The lowest BCUT2D eigenvalue weighted by molar-refractivity contribution is -0.115. The minimum atomic E-state index is -0.142. The van der Waals surface area contributed by atoms with Gasteiger partial charge in [-0.25, -0.2) is 9.97 Å². The highest BCUT2D eigenvalue weighted by Crippen LogP contribution is 2.33. The number of anilines is 1. The molecule has 9 heteroatoms. The van der Waals surface area contributed by atoms with Gasteiger partial charge in [-0.05, 0) is 30.3 Å². The summed E-state index contributed by atoms with van der Waals surface area (Å²) in [5, 5.41) is 6.18. The van der Waals surface area contributed by atoms with Gasteiger partial charge in [-0.1, -0.05) is 22.9 Å². The van der Waals surface area contributed by atoms with E-state index in [1.54, 1.807) is 7.11 Å². The van der Waals surface area contributed by atoms with E-state index in [1.807, 2.05) is 35.7 Å². The van der Waals surface area contributed by atoms with E-state index in [0.717, 1.165) is 35.9 Å². The molecule has 0 saturated carbocycles. The van der Waals surface area contributed by atoms with Crippen LogP contribution < -0.4 is 10.1 Å². The summed E-state index contributed by atoms with van der Waals surface area (Å²) in [4.78, 5) is 22.3. The van der Waals surface area contributed by atoms with Crippen LogP contribution in [0.5, 0.6) is 5.75 Å². The van der Waals surface area contributed by atoms with E-state index in [4.69, 9.17) is 16.3 Å². The fraction of sp³-hybridized carbons (Fsp3) is 0.118. The van der Waals surface area contributed by atoms with Crippen LogP contribution in [0.1, 0.15) is 5.69 Å². The number of amides is 1. The lowest BCUT2D eigenvalue weighted by Gasteiger charge is -1.98. The second kappa shape index (κ2) is 7.32. The summed E-state index contributed by atoms with van der Waals surface area (Å²) in [6, 6.07) is 9.41. The number of benzene rings is 1. The summed E-state index contributed by atoms with van der Waals surface area (Å²) in [5.41, 5.74) is 1.56.